The Morgan fingerprint density at radius 2 is 2.14 bits per heavy atom. The molecule has 0 amide bonds. The van der Waals surface area contributed by atoms with Crippen LogP contribution >= 0.6 is 27.5 Å². The van der Waals surface area contributed by atoms with Gasteiger partial charge >= 0.3 is 0 Å². The molecule has 0 atom stereocenters. The summed E-state index contributed by atoms with van der Waals surface area (Å²) in [5.41, 5.74) is 0. The fourth-order valence-corrected chi connectivity index (χ4v) is 4.46. The smallest absolute Gasteiger partial charge is 0.243 e. The summed E-state index contributed by atoms with van der Waals surface area (Å²) in [4.78, 5) is 6.25. The maximum absolute atomic E-state index is 12.3. The first-order valence-corrected chi connectivity index (χ1v) is 9.61. The molecule has 0 radical (unpaired) electrons. The van der Waals surface area contributed by atoms with Gasteiger partial charge in [0.2, 0.25) is 10.0 Å². The second-order valence-electron chi connectivity index (χ2n) is 5.17. The van der Waals surface area contributed by atoms with Crippen molar-refractivity contribution in [1.82, 2.24) is 14.6 Å². The standard InChI is InChI=1S/C13H19BrClN3O2S/c1-2-18-5-3-10(4-6-18)8-17-21(19,20)12-7-11(14)9-16-13(12)15/h7,9-10,17H,2-6,8H2,1H3. The minimum Gasteiger partial charge on any atom is -0.304 e. The molecule has 0 aliphatic carbocycles. The first kappa shape index (κ1) is 17.1. The fourth-order valence-electron chi connectivity index (χ4n) is 2.40. The van der Waals surface area contributed by atoms with E-state index in [2.05, 4.69) is 37.5 Å². The molecule has 1 fully saturated rings. The van der Waals surface area contributed by atoms with Crippen molar-refractivity contribution in [2.75, 3.05) is 26.2 Å². The molecule has 5 nitrogen and oxygen atoms in total. The Labute approximate surface area is 139 Å². The summed E-state index contributed by atoms with van der Waals surface area (Å²) in [6, 6.07) is 1.47. The minimum atomic E-state index is -3.62. The number of sulfonamides is 1. The van der Waals surface area contributed by atoms with Gasteiger partial charge in [-0.25, -0.2) is 18.1 Å². The lowest BCUT2D eigenvalue weighted by Crippen LogP contribution is -2.38. The van der Waals surface area contributed by atoms with Crippen LogP contribution < -0.4 is 4.72 Å². The van der Waals surface area contributed by atoms with E-state index < -0.39 is 10.0 Å². The number of nitrogens with zero attached hydrogens (tertiary/aromatic N) is 2. The Kier molecular flexibility index (Phi) is 6.02. The molecule has 1 saturated heterocycles. The SMILES string of the molecule is CCN1CCC(CNS(=O)(=O)c2cc(Br)cnc2Cl)CC1. The molecule has 0 spiro atoms. The molecule has 1 aromatic rings. The zero-order chi connectivity index (χ0) is 15.5. The Balaban J connectivity index is 1.97. The lowest BCUT2D eigenvalue weighted by atomic mass is 9.97. The lowest BCUT2D eigenvalue weighted by molar-refractivity contribution is 0.194. The molecule has 2 heterocycles. The summed E-state index contributed by atoms with van der Waals surface area (Å²) in [6.07, 6.45) is 3.50. The average molecular weight is 397 g/mol. The third kappa shape index (κ3) is 4.63. The van der Waals surface area contributed by atoms with E-state index in [1.807, 2.05) is 0 Å². The van der Waals surface area contributed by atoms with E-state index in [1.54, 1.807) is 0 Å². The van der Waals surface area contributed by atoms with Crippen LogP contribution in [-0.4, -0.2) is 44.5 Å². The number of likely N-dealkylation sites (tertiary alicyclic amines) is 1. The van der Waals surface area contributed by atoms with Gasteiger partial charge in [-0.05, 0) is 60.4 Å². The van der Waals surface area contributed by atoms with Gasteiger partial charge in [-0.15, -0.1) is 0 Å². The van der Waals surface area contributed by atoms with Crippen LogP contribution in [0.4, 0.5) is 0 Å². The van der Waals surface area contributed by atoms with Crippen LogP contribution in [0.1, 0.15) is 19.8 Å². The van der Waals surface area contributed by atoms with Gasteiger partial charge in [-0.2, -0.15) is 0 Å². The third-order valence-electron chi connectivity index (χ3n) is 3.78. The van der Waals surface area contributed by atoms with E-state index in [0.29, 0.717) is 16.9 Å². The number of hydrogen-bond acceptors (Lipinski definition) is 4. The van der Waals surface area contributed by atoms with Gasteiger partial charge in [0, 0.05) is 17.2 Å². The second kappa shape index (κ2) is 7.37. The van der Waals surface area contributed by atoms with Crippen LogP contribution in [0.2, 0.25) is 5.15 Å². The Bertz CT molecular complexity index is 589. The largest absolute Gasteiger partial charge is 0.304 e. The molecule has 1 aromatic heterocycles. The topological polar surface area (TPSA) is 62.3 Å². The Hall–Kier alpha value is -0.210. The van der Waals surface area contributed by atoms with Gasteiger partial charge in [-0.1, -0.05) is 18.5 Å². The van der Waals surface area contributed by atoms with Crippen LogP contribution in [0.5, 0.6) is 0 Å². The monoisotopic (exact) mass is 395 g/mol. The van der Waals surface area contributed by atoms with Gasteiger partial charge in [0.25, 0.3) is 0 Å². The second-order valence-corrected chi connectivity index (χ2v) is 8.18. The molecular weight excluding hydrogens is 378 g/mol. The van der Waals surface area contributed by atoms with Crippen molar-refractivity contribution in [2.24, 2.45) is 5.92 Å². The number of piperidine rings is 1. The van der Waals surface area contributed by atoms with Crippen molar-refractivity contribution in [3.63, 3.8) is 0 Å². The van der Waals surface area contributed by atoms with Crippen LogP contribution in [-0.2, 0) is 10.0 Å². The Morgan fingerprint density at radius 1 is 1.48 bits per heavy atom. The molecule has 0 aromatic carbocycles. The van der Waals surface area contributed by atoms with Gasteiger partial charge in [-0.3, -0.25) is 0 Å². The highest BCUT2D eigenvalue weighted by atomic mass is 79.9. The van der Waals surface area contributed by atoms with Crippen molar-refractivity contribution < 1.29 is 8.42 Å². The van der Waals surface area contributed by atoms with Gasteiger partial charge in [0.15, 0.2) is 0 Å². The summed E-state index contributed by atoms with van der Waals surface area (Å²) in [5.74, 6) is 0.376. The predicted molar refractivity (Wildman–Crippen MR) is 87.0 cm³/mol. The number of aromatic nitrogens is 1. The molecule has 0 saturated carbocycles. The summed E-state index contributed by atoms with van der Waals surface area (Å²) in [6.45, 7) is 5.70. The van der Waals surface area contributed by atoms with Gasteiger partial charge in [0.05, 0.1) is 0 Å². The number of nitrogens with one attached hydrogen (secondary N) is 1. The first-order chi connectivity index (χ1) is 9.92. The number of hydrogen-bond donors (Lipinski definition) is 1. The number of rotatable bonds is 5. The number of pyridine rings is 1. The summed E-state index contributed by atoms with van der Waals surface area (Å²) < 4.78 is 27.8. The van der Waals surface area contributed by atoms with E-state index in [9.17, 15) is 8.42 Å². The highest BCUT2D eigenvalue weighted by Gasteiger charge is 2.23. The first-order valence-electron chi connectivity index (χ1n) is 6.95. The lowest BCUT2D eigenvalue weighted by Gasteiger charge is -2.30. The van der Waals surface area contributed by atoms with Crippen LogP contribution in [0, 0.1) is 5.92 Å². The van der Waals surface area contributed by atoms with E-state index in [0.717, 1.165) is 32.5 Å². The summed E-state index contributed by atoms with van der Waals surface area (Å²) in [7, 11) is -3.62. The maximum atomic E-state index is 12.3. The van der Waals surface area contributed by atoms with Crippen molar-refractivity contribution in [3.05, 3.63) is 21.9 Å². The van der Waals surface area contributed by atoms with E-state index in [4.69, 9.17) is 11.6 Å². The van der Waals surface area contributed by atoms with Crippen LogP contribution in [0.15, 0.2) is 21.6 Å². The quantitative estimate of drug-likeness (QED) is 0.777. The third-order valence-corrected chi connectivity index (χ3v) is 6.06. The highest BCUT2D eigenvalue weighted by Crippen LogP contribution is 2.23. The van der Waals surface area contributed by atoms with Gasteiger partial charge in [0.1, 0.15) is 10.0 Å². The van der Waals surface area contributed by atoms with E-state index >= 15 is 0 Å². The normalized spacial score (nSPS) is 18.0. The van der Waals surface area contributed by atoms with Crippen molar-refractivity contribution in [3.8, 4) is 0 Å². The summed E-state index contributed by atoms with van der Waals surface area (Å²) >= 11 is 9.09. The molecule has 1 aliphatic rings. The van der Waals surface area contributed by atoms with Crippen molar-refractivity contribution in [2.45, 2.75) is 24.7 Å². The maximum Gasteiger partial charge on any atom is 0.243 e. The molecule has 1 N–H and O–H groups in total. The molecule has 8 heteroatoms. The highest BCUT2D eigenvalue weighted by molar-refractivity contribution is 9.10. The molecule has 0 unspecified atom stereocenters. The molecule has 118 valence electrons. The zero-order valence-corrected chi connectivity index (χ0v) is 15.0. The van der Waals surface area contributed by atoms with Gasteiger partial charge < -0.3 is 4.90 Å². The fraction of sp³-hybridized carbons (Fsp3) is 0.615. The predicted octanol–water partition coefficient (Wildman–Crippen LogP) is 2.51. The summed E-state index contributed by atoms with van der Waals surface area (Å²) in [5, 5.41) is -0.00787. The average Bonchev–Trinajstić information content (AvgIpc) is 2.48. The molecule has 1 aliphatic heterocycles. The molecule has 2 rings (SSSR count). The van der Waals surface area contributed by atoms with E-state index in [-0.39, 0.29) is 10.0 Å². The van der Waals surface area contributed by atoms with Crippen LogP contribution in [0.3, 0.4) is 0 Å². The van der Waals surface area contributed by atoms with Crippen molar-refractivity contribution in [1.29, 1.82) is 0 Å². The Morgan fingerprint density at radius 3 is 2.76 bits per heavy atom. The van der Waals surface area contributed by atoms with Crippen LogP contribution in [0.25, 0.3) is 0 Å². The molecule has 21 heavy (non-hydrogen) atoms. The molecule has 0 bridgehead atoms. The molecular formula is C13H19BrClN3O2S. The minimum absolute atomic E-state index is 0.00787. The zero-order valence-electron chi connectivity index (χ0n) is 11.8. The number of halogens is 2. The van der Waals surface area contributed by atoms with Crippen molar-refractivity contribution >= 4 is 37.6 Å². The van der Waals surface area contributed by atoms with E-state index in [1.165, 1.54) is 12.3 Å².